The van der Waals surface area contributed by atoms with E-state index in [2.05, 4.69) is 0 Å². The molecule has 2 heteroatoms. The lowest BCUT2D eigenvalue weighted by Gasteiger charge is -1.96. The lowest BCUT2D eigenvalue weighted by Crippen LogP contribution is -2.01. The van der Waals surface area contributed by atoms with Gasteiger partial charge in [0.25, 0.3) is 0 Å². The number of hydrogen-bond acceptors (Lipinski definition) is 2. The Balaban J connectivity index is 2.60. The third-order valence-electron chi connectivity index (χ3n) is 1.66. The SMILES string of the molecule is OC1=C2C=CC(=C1)C2O. The van der Waals surface area contributed by atoms with Gasteiger partial charge in [0.1, 0.15) is 11.9 Å². The van der Waals surface area contributed by atoms with Crippen molar-refractivity contribution >= 4 is 0 Å². The van der Waals surface area contributed by atoms with Crippen LogP contribution in [0.15, 0.2) is 35.1 Å². The van der Waals surface area contributed by atoms with Gasteiger partial charge in [-0.3, -0.25) is 0 Å². The molecule has 0 aliphatic heterocycles. The van der Waals surface area contributed by atoms with Gasteiger partial charge in [-0.05, 0) is 11.6 Å². The van der Waals surface area contributed by atoms with Crippen LogP contribution in [0.25, 0.3) is 0 Å². The molecule has 1 atom stereocenters. The third kappa shape index (κ3) is 0.434. The fourth-order valence-corrected chi connectivity index (χ4v) is 1.14. The quantitative estimate of drug-likeness (QED) is 0.495. The Morgan fingerprint density at radius 3 is 2.33 bits per heavy atom. The van der Waals surface area contributed by atoms with E-state index in [1.54, 1.807) is 18.2 Å². The largest absolute Gasteiger partial charge is 0.508 e. The second-order valence-electron chi connectivity index (χ2n) is 2.22. The summed E-state index contributed by atoms with van der Waals surface area (Å²) >= 11 is 0. The highest BCUT2D eigenvalue weighted by Crippen LogP contribution is 2.32. The van der Waals surface area contributed by atoms with Gasteiger partial charge in [0.05, 0.1) is 0 Å². The fourth-order valence-electron chi connectivity index (χ4n) is 1.14. The number of fused-ring (bicyclic) bond motifs is 2. The molecule has 0 heterocycles. The first-order chi connectivity index (χ1) is 4.29. The Morgan fingerprint density at radius 2 is 2.11 bits per heavy atom. The van der Waals surface area contributed by atoms with Gasteiger partial charge in [-0.15, -0.1) is 0 Å². The lowest BCUT2D eigenvalue weighted by atomic mass is 10.2. The molecule has 46 valence electrons. The summed E-state index contributed by atoms with van der Waals surface area (Å²) in [6.07, 6.45) is 4.57. The van der Waals surface area contributed by atoms with E-state index in [1.807, 2.05) is 0 Å². The zero-order chi connectivity index (χ0) is 6.43. The average molecular weight is 122 g/mol. The molecule has 0 aromatic carbocycles. The van der Waals surface area contributed by atoms with Gasteiger partial charge < -0.3 is 10.2 Å². The molecular weight excluding hydrogens is 116 g/mol. The molecule has 0 saturated carbocycles. The van der Waals surface area contributed by atoms with Crippen LogP contribution in [0.3, 0.4) is 0 Å². The zero-order valence-electron chi connectivity index (χ0n) is 4.70. The van der Waals surface area contributed by atoms with Crippen molar-refractivity contribution in [2.24, 2.45) is 0 Å². The molecule has 0 aromatic heterocycles. The third-order valence-corrected chi connectivity index (χ3v) is 1.66. The number of rotatable bonds is 0. The molecule has 0 aromatic rings. The molecule has 2 aliphatic carbocycles. The van der Waals surface area contributed by atoms with Gasteiger partial charge in [0.2, 0.25) is 0 Å². The maximum atomic E-state index is 9.15. The predicted octanol–water partition coefficient (Wildman–Crippen LogP) is 0.669. The molecule has 9 heavy (non-hydrogen) atoms. The first kappa shape index (κ1) is 4.82. The van der Waals surface area contributed by atoms with Gasteiger partial charge in [-0.1, -0.05) is 12.2 Å². The van der Waals surface area contributed by atoms with Crippen LogP contribution in [0.4, 0.5) is 0 Å². The van der Waals surface area contributed by atoms with Crippen molar-refractivity contribution in [2.75, 3.05) is 0 Å². The van der Waals surface area contributed by atoms with E-state index >= 15 is 0 Å². The maximum absolute atomic E-state index is 9.15. The Hall–Kier alpha value is -1.02. The van der Waals surface area contributed by atoms with Crippen LogP contribution in [-0.4, -0.2) is 16.3 Å². The van der Waals surface area contributed by atoms with Gasteiger partial charge >= 0.3 is 0 Å². The molecule has 0 fully saturated rings. The Labute approximate surface area is 52.4 Å². The standard InChI is InChI=1S/C7H6O2/c8-6-3-4-1-2-5(6)7(4)9/h1-3,7-9H. The van der Waals surface area contributed by atoms with Crippen LogP contribution in [0.5, 0.6) is 0 Å². The average Bonchev–Trinajstić information content (AvgIpc) is 2.25. The monoisotopic (exact) mass is 122 g/mol. The van der Waals surface area contributed by atoms with Gasteiger partial charge in [-0.2, -0.15) is 0 Å². The minimum Gasteiger partial charge on any atom is -0.508 e. The number of allylic oxidation sites excluding steroid dienone is 1. The lowest BCUT2D eigenvalue weighted by molar-refractivity contribution is 0.258. The number of hydrogen-bond donors (Lipinski definition) is 2. The minimum atomic E-state index is -0.551. The summed E-state index contributed by atoms with van der Waals surface area (Å²) < 4.78 is 0. The van der Waals surface area contributed by atoms with Crippen LogP contribution in [0.2, 0.25) is 0 Å². The summed E-state index contributed by atoms with van der Waals surface area (Å²) in [5.41, 5.74) is 1.42. The van der Waals surface area contributed by atoms with Crippen molar-refractivity contribution in [1.29, 1.82) is 0 Å². The van der Waals surface area contributed by atoms with E-state index in [0.29, 0.717) is 5.57 Å². The van der Waals surface area contributed by atoms with Gasteiger partial charge in [-0.25, -0.2) is 0 Å². The molecule has 2 N–H and O–H groups in total. The minimum absolute atomic E-state index is 0.208. The molecular formula is C7H6O2. The smallest absolute Gasteiger partial charge is 0.122 e. The van der Waals surface area contributed by atoms with Crippen LogP contribution >= 0.6 is 0 Å². The highest BCUT2D eigenvalue weighted by atomic mass is 16.3. The van der Waals surface area contributed by atoms with E-state index in [0.717, 1.165) is 5.57 Å². The predicted molar refractivity (Wildman–Crippen MR) is 32.9 cm³/mol. The topological polar surface area (TPSA) is 40.5 Å². The molecule has 2 nitrogen and oxygen atoms in total. The van der Waals surface area contributed by atoms with E-state index in [1.165, 1.54) is 0 Å². The van der Waals surface area contributed by atoms with E-state index < -0.39 is 6.10 Å². The summed E-state index contributed by atoms with van der Waals surface area (Å²) in [5, 5.41) is 18.1. The van der Waals surface area contributed by atoms with Crippen molar-refractivity contribution in [1.82, 2.24) is 0 Å². The van der Waals surface area contributed by atoms with Gasteiger partial charge in [0, 0.05) is 5.57 Å². The highest BCUT2D eigenvalue weighted by molar-refractivity contribution is 5.56. The maximum Gasteiger partial charge on any atom is 0.122 e. The second kappa shape index (κ2) is 1.28. The van der Waals surface area contributed by atoms with Crippen molar-refractivity contribution in [3.05, 3.63) is 35.1 Å². The molecule has 2 bridgehead atoms. The van der Waals surface area contributed by atoms with E-state index in [9.17, 15) is 0 Å². The molecule has 1 unspecified atom stereocenters. The van der Waals surface area contributed by atoms with Gasteiger partial charge in [0.15, 0.2) is 0 Å². The van der Waals surface area contributed by atoms with Crippen molar-refractivity contribution in [3.8, 4) is 0 Å². The molecule has 0 spiro atoms. The Morgan fingerprint density at radius 1 is 1.33 bits per heavy atom. The van der Waals surface area contributed by atoms with Crippen molar-refractivity contribution < 1.29 is 10.2 Å². The first-order valence-corrected chi connectivity index (χ1v) is 2.80. The molecule has 2 rings (SSSR count). The van der Waals surface area contributed by atoms with Crippen molar-refractivity contribution in [2.45, 2.75) is 6.10 Å². The van der Waals surface area contributed by atoms with Crippen LogP contribution in [-0.2, 0) is 0 Å². The molecule has 0 amide bonds. The summed E-state index contributed by atoms with van der Waals surface area (Å²) in [4.78, 5) is 0. The van der Waals surface area contributed by atoms with E-state index in [4.69, 9.17) is 10.2 Å². The number of aliphatic hydroxyl groups is 2. The van der Waals surface area contributed by atoms with E-state index in [-0.39, 0.29) is 5.76 Å². The second-order valence-corrected chi connectivity index (χ2v) is 2.22. The Bertz CT molecular complexity index is 246. The Kier molecular flexibility index (Phi) is 0.684. The van der Waals surface area contributed by atoms with Crippen LogP contribution in [0, 0.1) is 0 Å². The van der Waals surface area contributed by atoms with Crippen LogP contribution < -0.4 is 0 Å². The van der Waals surface area contributed by atoms with Crippen molar-refractivity contribution in [3.63, 3.8) is 0 Å². The normalized spacial score (nSPS) is 29.9. The summed E-state index contributed by atoms with van der Waals surface area (Å²) in [5.74, 6) is 0.208. The number of aliphatic hydroxyl groups excluding tert-OH is 2. The summed E-state index contributed by atoms with van der Waals surface area (Å²) in [7, 11) is 0. The summed E-state index contributed by atoms with van der Waals surface area (Å²) in [6, 6.07) is 0. The first-order valence-electron chi connectivity index (χ1n) is 2.80. The van der Waals surface area contributed by atoms with Crippen LogP contribution in [0.1, 0.15) is 0 Å². The zero-order valence-corrected chi connectivity index (χ0v) is 4.70. The molecule has 0 radical (unpaired) electrons. The molecule has 2 aliphatic rings. The highest BCUT2D eigenvalue weighted by Gasteiger charge is 2.26. The summed E-state index contributed by atoms with van der Waals surface area (Å²) in [6.45, 7) is 0. The fraction of sp³-hybridized carbons (Fsp3) is 0.143. The molecule has 0 saturated heterocycles.